The molecule has 0 amide bonds. The minimum atomic E-state index is 0.0973. The van der Waals surface area contributed by atoms with Crippen molar-refractivity contribution in [1.29, 1.82) is 0 Å². The van der Waals surface area contributed by atoms with E-state index in [4.69, 9.17) is 16.7 Å². The van der Waals surface area contributed by atoms with Crippen molar-refractivity contribution in [2.45, 2.75) is 26.2 Å². The van der Waals surface area contributed by atoms with Gasteiger partial charge in [-0.05, 0) is 29.2 Å². The van der Waals surface area contributed by atoms with Gasteiger partial charge in [0, 0.05) is 23.5 Å². The Morgan fingerprint density at radius 3 is 2.50 bits per heavy atom. The summed E-state index contributed by atoms with van der Waals surface area (Å²) >= 11 is 0. The summed E-state index contributed by atoms with van der Waals surface area (Å²) in [6.07, 6.45) is 3.72. The molecule has 0 bridgehead atoms. The SMILES string of the molecule is CC(C)(C)c1ccc(-c2nc3cc(/C(=N/N)NN)ccc3n3ccnc23)cc1. The van der Waals surface area contributed by atoms with E-state index in [1.807, 2.05) is 28.8 Å². The average molecular weight is 373 g/mol. The summed E-state index contributed by atoms with van der Waals surface area (Å²) < 4.78 is 2.04. The van der Waals surface area contributed by atoms with Crippen molar-refractivity contribution in [2.24, 2.45) is 16.8 Å². The Morgan fingerprint density at radius 2 is 1.86 bits per heavy atom. The van der Waals surface area contributed by atoms with Gasteiger partial charge in [-0.2, -0.15) is 5.10 Å². The summed E-state index contributed by atoms with van der Waals surface area (Å²) in [6.45, 7) is 6.60. The quantitative estimate of drug-likeness (QED) is 0.217. The molecule has 2 heterocycles. The third kappa shape index (κ3) is 2.95. The molecule has 2 aromatic carbocycles. The molecule has 0 unspecified atom stereocenters. The number of hydrazone groups is 1. The molecule has 0 aliphatic rings. The van der Waals surface area contributed by atoms with Gasteiger partial charge in [0.2, 0.25) is 0 Å². The highest BCUT2D eigenvalue weighted by Crippen LogP contribution is 2.29. The number of nitrogens with zero attached hydrogens (tertiary/aromatic N) is 4. The maximum atomic E-state index is 5.51. The Kier molecular flexibility index (Phi) is 4.24. The fraction of sp³-hybridized carbons (Fsp3) is 0.190. The van der Waals surface area contributed by atoms with Crippen LogP contribution >= 0.6 is 0 Å². The summed E-state index contributed by atoms with van der Waals surface area (Å²) in [5.41, 5.74) is 9.04. The number of nitrogens with two attached hydrogens (primary N) is 2. The van der Waals surface area contributed by atoms with E-state index >= 15 is 0 Å². The van der Waals surface area contributed by atoms with Crippen molar-refractivity contribution < 1.29 is 0 Å². The molecule has 0 spiro atoms. The fourth-order valence-corrected chi connectivity index (χ4v) is 3.32. The van der Waals surface area contributed by atoms with Gasteiger partial charge in [-0.15, -0.1) is 0 Å². The van der Waals surface area contributed by atoms with E-state index in [0.717, 1.165) is 33.5 Å². The maximum Gasteiger partial charge on any atom is 0.166 e. The molecule has 0 fully saturated rings. The van der Waals surface area contributed by atoms with E-state index in [9.17, 15) is 0 Å². The molecule has 7 nitrogen and oxygen atoms in total. The molecule has 2 aromatic heterocycles. The van der Waals surface area contributed by atoms with Crippen molar-refractivity contribution in [3.8, 4) is 11.3 Å². The second-order valence-corrected chi connectivity index (χ2v) is 7.73. The Labute approximate surface area is 163 Å². The number of rotatable bonds is 2. The first-order valence-corrected chi connectivity index (χ1v) is 9.05. The lowest BCUT2D eigenvalue weighted by Gasteiger charge is -2.19. The van der Waals surface area contributed by atoms with Crippen LogP contribution in [-0.4, -0.2) is 20.2 Å². The molecule has 7 heteroatoms. The predicted molar refractivity (Wildman–Crippen MR) is 113 cm³/mol. The lowest BCUT2D eigenvalue weighted by Crippen LogP contribution is -2.32. The lowest BCUT2D eigenvalue weighted by molar-refractivity contribution is 0.590. The number of aromatic nitrogens is 3. The van der Waals surface area contributed by atoms with E-state index < -0.39 is 0 Å². The zero-order valence-corrected chi connectivity index (χ0v) is 16.1. The van der Waals surface area contributed by atoms with Crippen LogP contribution in [-0.2, 0) is 5.41 Å². The normalized spacial score (nSPS) is 12.6. The number of hydrogen-bond acceptors (Lipinski definition) is 5. The third-order valence-electron chi connectivity index (χ3n) is 4.88. The molecule has 0 saturated heterocycles. The standard InChI is InChI=1S/C21H23N7/c1-21(2,3)15-7-4-13(5-8-15)18-20-24-10-11-28(20)17-9-6-14(12-16(17)25-18)19(26-22)27-23/h4-12H,22-23H2,1-3H3,(H,26,27). The summed E-state index contributed by atoms with van der Waals surface area (Å²) in [4.78, 5) is 9.43. The predicted octanol–water partition coefficient (Wildman–Crippen LogP) is 2.93. The van der Waals surface area contributed by atoms with E-state index in [1.165, 1.54) is 5.56 Å². The van der Waals surface area contributed by atoms with Crippen molar-refractivity contribution in [1.82, 2.24) is 19.8 Å². The number of nitrogens with one attached hydrogen (secondary N) is 1. The highest BCUT2D eigenvalue weighted by Gasteiger charge is 2.16. The second-order valence-electron chi connectivity index (χ2n) is 7.73. The van der Waals surface area contributed by atoms with Crippen LogP contribution in [0.25, 0.3) is 27.9 Å². The van der Waals surface area contributed by atoms with Crippen LogP contribution in [0.4, 0.5) is 0 Å². The molecular formula is C21H23N7. The second kappa shape index (κ2) is 6.61. The summed E-state index contributed by atoms with van der Waals surface area (Å²) in [5.74, 6) is 11.3. The van der Waals surface area contributed by atoms with Gasteiger partial charge in [0.25, 0.3) is 0 Å². The zero-order chi connectivity index (χ0) is 19.9. The zero-order valence-electron chi connectivity index (χ0n) is 16.1. The first-order chi connectivity index (χ1) is 13.4. The first-order valence-electron chi connectivity index (χ1n) is 9.05. The Bertz CT molecular complexity index is 1180. The van der Waals surface area contributed by atoms with Crippen molar-refractivity contribution >= 4 is 22.5 Å². The number of fused-ring (bicyclic) bond motifs is 3. The monoisotopic (exact) mass is 373 g/mol. The van der Waals surface area contributed by atoms with Crippen LogP contribution in [0.15, 0.2) is 60.0 Å². The van der Waals surface area contributed by atoms with Crippen LogP contribution in [0, 0.1) is 0 Å². The largest absolute Gasteiger partial charge is 0.321 e. The highest BCUT2D eigenvalue weighted by molar-refractivity contribution is 6.01. The molecule has 28 heavy (non-hydrogen) atoms. The molecular weight excluding hydrogens is 350 g/mol. The maximum absolute atomic E-state index is 5.51. The lowest BCUT2D eigenvalue weighted by atomic mass is 9.86. The molecule has 4 aromatic rings. The van der Waals surface area contributed by atoms with Crippen LogP contribution in [0.3, 0.4) is 0 Å². The van der Waals surface area contributed by atoms with E-state index in [2.05, 4.69) is 60.5 Å². The van der Waals surface area contributed by atoms with Gasteiger partial charge < -0.3 is 11.3 Å². The van der Waals surface area contributed by atoms with Crippen LogP contribution in [0.2, 0.25) is 0 Å². The molecule has 0 aliphatic carbocycles. The van der Waals surface area contributed by atoms with E-state index in [0.29, 0.717) is 5.84 Å². The molecule has 5 N–H and O–H groups in total. The number of benzene rings is 2. The summed E-state index contributed by atoms with van der Waals surface area (Å²) in [5, 5.41) is 3.68. The van der Waals surface area contributed by atoms with Gasteiger partial charge in [-0.25, -0.2) is 15.8 Å². The molecule has 142 valence electrons. The minimum Gasteiger partial charge on any atom is -0.321 e. The van der Waals surface area contributed by atoms with Gasteiger partial charge in [0.1, 0.15) is 5.69 Å². The Morgan fingerprint density at radius 1 is 1.11 bits per heavy atom. The molecule has 0 atom stereocenters. The van der Waals surface area contributed by atoms with Crippen LogP contribution in [0.5, 0.6) is 0 Å². The number of hydrogen-bond donors (Lipinski definition) is 3. The smallest absolute Gasteiger partial charge is 0.166 e. The first kappa shape index (κ1) is 17.9. The van der Waals surface area contributed by atoms with Crippen LogP contribution < -0.4 is 17.1 Å². The topological polar surface area (TPSA) is 107 Å². The molecule has 0 radical (unpaired) electrons. The van der Waals surface area contributed by atoms with Gasteiger partial charge in [0.15, 0.2) is 11.5 Å². The van der Waals surface area contributed by atoms with Crippen molar-refractivity contribution in [2.75, 3.05) is 0 Å². The minimum absolute atomic E-state index is 0.0973. The number of hydrazine groups is 1. The average Bonchev–Trinajstić information content (AvgIpc) is 3.17. The fourth-order valence-electron chi connectivity index (χ4n) is 3.32. The highest BCUT2D eigenvalue weighted by atomic mass is 15.3. The number of imidazole rings is 1. The molecule has 4 rings (SSSR count). The number of amidine groups is 1. The molecule has 0 saturated carbocycles. The van der Waals surface area contributed by atoms with E-state index in [1.54, 1.807) is 6.20 Å². The van der Waals surface area contributed by atoms with Gasteiger partial charge >= 0.3 is 0 Å². The summed E-state index contributed by atoms with van der Waals surface area (Å²) in [7, 11) is 0. The van der Waals surface area contributed by atoms with Crippen molar-refractivity contribution in [3.63, 3.8) is 0 Å². The Hall–Kier alpha value is -3.45. The molecule has 0 aliphatic heterocycles. The summed E-state index contributed by atoms with van der Waals surface area (Å²) in [6, 6.07) is 14.3. The van der Waals surface area contributed by atoms with Gasteiger partial charge in [0.05, 0.1) is 11.0 Å². The Balaban J connectivity index is 1.93. The van der Waals surface area contributed by atoms with Crippen molar-refractivity contribution in [3.05, 3.63) is 66.0 Å². The third-order valence-corrected chi connectivity index (χ3v) is 4.88. The van der Waals surface area contributed by atoms with Gasteiger partial charge in [-0.3, -0.25) is 4.40 Å². The van der Waals surface area contributed by atoms with Crippen LogP contribution in [0.1, 0.15) is 31.9 Å². The van der Waals surface area contributed by atoms with Gasteiger partial charge in [-0.1, -0.05) is 45.0 Å². The van der Waals surface area contributed by atoms with E-state index in [-0.39, 0.29) is 5.41 Å².